The second kappa shape index (κ2) is 4.50. The van der Waals surface area contributed by atoms with E-state index >= 15 is 0 Å². The Morgan fingerprint density at radius 2 is 1.94 bits per heavy atom. The molecule has 0 bridgehead atoms. The molecule has 0 N–H and O–H groups in total. The molecule has 1 aliphatic heterocycles. The molecule has 0 amide bonds. The van der Waals surface area contributed by atoms with Crippen molar-refractivity contribution in [2.24, 2.45) is 0 Å². The smallest absolute Gasteiger partial charge is 0.198 e. The van der Waals surface area contributed by atoms with Crippen LogP contribution >= 0.6 is 11.8 Å². The number of benzene rings is 2. The highest BCUT2D eigenvalue weighted by Gasteiger charge is 2.24. The number of ketones is 1. The molecule has 0 aliphatic carbocycles. The number of methoxy groups -OCH3 is 1. The van der Waals surface area contributed by atoms with E-state index < -0.39 is 0 Å². The molecule has 1 aliphatic rings. The van der Waals surface area contributed by atoms with Gasteiger partial charge in [0.05, 0.1) is 12.7 Å². The van der Waals surface area contributed by atoms with E-state index in [2.05, 4.69) is 0 Å². The molecule has 0 saturated carbocycles. The molecule has 0 fully saturated rings. The summed E-state index contributed by atoms with van der Waals surface area (Å²) in [5.41, 5.74) is 2.52. The molecule has 2 aromatic carbocycles. The lowest BCUT2D eigenvalue weighted by Crippen LogP contribution is -2.06. The van der Waals surface area contributed by atoms with E-state index in [1.807, 2.05) is 42.5 Å². The normalized spacial score (nSPS) is 13.5. The van der Waals surface area contributed by atoms with E-state index in [4.69, 9.17) is 4.74 Å². The topological polar surface area (TPSA) is 26.3 Å². The predicted octanol–water partition coefficient (Wildman–Crippen LogP) is 3.53. The summed E-state index contributed by atoms with van der Waals surface area (Å²) in [6, 6.07) is 13.5. The maximum absolute atomic E-state index is 12.6. The summed E-state index contributed by atoms with van der Waals surface area (Å²) in [6.45, 7) is 0. The van der Waals surface area contributed by atoms with E-state index in [9.17, 15) is 4.79 Å². The fraction of sp³-hybridized carbons (Fsp3) is 0.133. The number of hydrogen-bond acceptors (Lipinski definition) is 3. The first-order valence-electron chi connectivity index (χ1n) is 5.73. The fourth-order valence-electron chi connectivity index (χ4n) is 2.19. The quantitative estimate of drug-likeness (QED) is 0.780. The van der Waals surface area contributed by atoms with Crippen LogP contribution in [0.3, 0.4) is 0 Å². The Hall–Kier alpha value is -1.74. The summed E-state index contributed by atoms with van der Waals surface area (Å²) in [4.78, 5) is 13.7. The lowest BCUT2D eigenvalue weighted by molar-refractivity contribution is 0.103. The molecule has 1 heterocycles. The summed E-state index contributed by atoms with van der Waals surface area (Å²) in [7, 11) is 1.60. The highest BCUT2D eigenvalue weighted by Crippen LogP contribution is 2.36. The zero-order valence-corrected chi connectivity index (χ0v) is 10.8. The van der Waals surface area contributed by atoms with Gasteiger partial charge in [-0.25, -0.2) is 0 Å². The average Bonchev–Trinajstić information content (AvgIpc) is 2.57. The van der Waals surface area contributed by atoms with Crippen LogP contribution < -0.4 is 4.74 Å². The zero-order valence-electron chi connectivity index (χ0n) is 9.97. The average molecular weight is 256 g/mol. The highest BCUT2D eigenvalue weighted by atomic mass is 32.2. The Morgan fingerprint density at radius 3 is 2.78 bits per heavy atom. The number of carbonyl (C=O) groups is 1. The van der Waals surface area contributed by atoms with Gasteiger partial charge in [0.1, 0.15) is 5.75 Å². The summed E-state index contributed by atoms with van der Waals surface area (Å²) < 4.78 is 5.32. The molecule has 0 aromatic heterocycles. The third-order valence-electron chi connectivity index (χ3n) is 3.07. The zero-order chi connectivity index (χ0) is 12.5. The van der Waals surface area contributed by atoms with Crippen molar-refractivity contribution >= 4 is 17.5 Å². The largest absolute Gasteiger partial charge is 0.496 e. The summed E-state index contributed by atoms with van der Waals surface area (Å²) >= 11 is 1.70. The van der Waals surface area contributed by atoms with Crippen molar-refractivity contribution in [3.63, 3.8) is 0 Å². The minimum absolute atomic E-state index is 0.0584. The van der Waals surface area contributed by atoms with Crippen LogP contribution in [0.1, 0.15) is 21.5 Å². The van der Waals surface area contributed by atoms with Crippen LogP contribution in [-0.2, 0) is 5.75 Å². The first-order valence-corrected chi connectivity index (χ1v) is 6.72. The van der Waals surface area contributed by atoms with Crippen molar-refractivity contribution in [2.75, 3.05) is 7.11 Å². The van der Waals surface area contributed by atoms with E-state index in [0.717, 1.165) is 21.8 Å². The monoisotopic (exact) mass is 256 g/mol. The van der Waals surface area contributed by atoms with Gasteiger partial charge < -0.3 is 4.74 Å². The van der Waals surface area contributed by atoms with Crippen LogP contribution in [0, 0.1) is 0 Å². The van der Waals surface area contributed by atoms with E-state index in [-0.39, 0.29) is 5.78 Å². The molecule has 2 nitrogen and oxygen atoms in total. The Balaban J connectivity index is 2.24. The number of fused-ring (bicyclic) bond motifs is 2. The molecule has 3 rings (SSSR count). The van der Waals surface area contributed by atoms with E-state index in [1.165, 1.54) is 0 Å². The molecular weight excluding hydrogens is 244 g/mol. The Labute approximate surface area is 110 Å². The number of carbonyl (C=O) groups excluding carboxylic acids is 1. The standard InChI is InChI=1S/C15H12O2S/c1-17-12-7-4-5-10-9-18-13-8-3-2-6-11(13)15(16)14(10)12/h2-8H,9H2,1H3. The van der Waals surface area contributed by atoms with Gasteiger partial charge in [-0.05, 0) is 23.8 Å². The number of ether oxygens (including phenoxy) is 1. The molecule has 90 valence electrons. The van der Waals surface area contributed by atoms with Crippen LogP contribution in [0.5, 0.6) is 5.75 Å². The van der Waals surface area contributed by atoms with Crippen LogP contribution in [0.4, 0.5) is 0 Å². The second-order valence-electron chi connectivity index (χ2n) is 4.11. The van der Waals surface area contributed by atoms with E-state index in [0.29, 0.717) is 11.3 Å². The third kappa shape index (κ3) is 1.71. The van der Waals surface area contributed by atoms with Gasteiger partial charge in [-0.3, -0.25) is 4.79 Å². The third-order valence-corrected chi connectivity index (χ3v) is 4.20. The molecule has 0 saturated heterocycles. The molecule has 3 heteroatoms. The first kappa shape index (κ1) is 11.4. The molecule has 2 aromatic rings. The summed E-state index contributed by atoms with van der Waals surface area (Å²) in [6.07, 6.45) is 0. The van der Waals surface area contributed by atoms with Crippen molar-refractivity contribution in [3.05, 3.63) is 59.2 Å². The summed E-state index contributed by atoms with van der Waals surface area (Å²) in [5.74, 6) is 1.52. The van der Waals surface area contributed by atoms with Gasteiger partial charge in [-0.1, -0.05) is 24.3 Å². The highest BCUT2D eigenvalue weighted by molar-refractivity contribution is 7.98. The van der Waals surface area contributed by atoms with E-state index in [1.54, 1.807) is 18.9 Å². The van der Waals surface area contributed by atoms with Crippen molar-refractivity contribution in [1.82, 2.24) is 0 Å². The summed E-state index contributed by atoms with van der Waals surface area (Å²) in [5, 5.41) is 0. The van der Waals surface area contributed by atoms with Gasteiger partial charge in [0.15, 0.2) is 5.78 Å². The Morgan fingerprint density at radius 1 is 1.11 bits per heavy atom. The van der Waals surface area contributed by atoms with Gasteiger partial charge in [-0.2, -0.15) is 0 Å². The first-order chi connectivity index (χ1) is 8.81. The van der Waals surface area contributed by atoms with Gasteiger partial charge in [0.25, 0.3) is 0 Å². The second-order valence-corrected chi connectivity index (χ2v) is 5.13. The molecule has 18 heavy (non-hydrogen) atoms. The predicted molar refractivity (Wildman–Crippen MR) is 72.4 cm³/mol. The van der Waals surface area contributed by atoms with Crippen molar-refractivity contribution in [2.45, 2.75) is 10.6 Å². The van der Waals surface area contributed by atoms with Crippen LogP contribution in [0.25, 0.3) is 0 Å². The molecule has 0 atom stereocenters. The van der Waals surface area contributed by atoms with Crippen molar-refractivity contribution in [1.29, 1.82) is 0 Å². The Kier molecular flexibility index (Phi) is 2.84. The van der Waals surface area contributed by atoms with Gasteiger partial charge in [-0.15, -0.1) is 11.8 Å². The lowest BCUT2D eigenvalue weighted by atomic mass is 9.98. The maximum Gasteiger partial charge on any atom is 0.198 e. The van der Waals surface area contributed by atoms with Gasteiger partial charge in [0, 0.05) is 16.2 Å². The minimum Gasteiger partial charge on any atom is -0.496 e. The Bertz CT molecular complexity index is 620. The van der Waals surface area contributed by atoms with Crippen LogP contribution in [0.2, 0.25) is 0 Å². The molecule has 0 radical (unpaired) electrons. The van der Waals surface area contributed by atoms with Crippen molar-refractivity contribution < 1.29 is 9.53 Å². The molecule has 0 unspecified atom stereocenters. The van der Waals surface area contributed by atoms with Crippen LogP contribution in [-0.4, -0.2) is 12.9 Å². The van der Waals surface area contributed by atoms with Crippen molar-refractivity contribution in [3.8, 4) is 5.75 Å². The van der Waals surface area contributed by atoms with Crippen LogP contribution in [0.15, 0.2) is 47.4 Å². The number of rotatable bonds is 1. The fourth-order valence-corrected chi connectivity index (χ4v) is 3.24. The number of hydrogen-bond donors (Lipinski definition) is 0. The molecular formula is C15H12O2S. The minimum atomic E-state index is 0.0584. The SMILES string of the molecule is COc1cccc2c1C(=O)c1ccccc1SC2. The number of thioether (sulfide) groups is 1. The van der Waals surface area contributed by atoms with Gasteiger partial charge >= 0.3 is 0 Å². The maximum atomic E-state index is 12.6. The molecule has 0 spiro atoms. The van der Waals surface area contributed by atoms with Gasteiger partial charge in [0.2, 0.25) is 0 Å². The lowest BCUT2D eigenvalue weighted by Gasteiger charge is -2.09.